The fourth-order valence-corrected chi connectivity index (χ4v) is 3.44. The van der Waals surface area contributed by atoms with Gasteiger partial charge in [0.05, 0.1) is 6.26 Å². The van der Waals surface area contributed by atoms with Gasteiger partial charge in [-0.25, -0.2) is 0 Å². The number of rotatable bonds is 4. The Bertz CT molecular complexity index is 987. The molecule has 1 fully saturated rings. The molecule has 0 bridgehead atoms. The van der Waals surface area contributed by atoms with Gasteiger partial charge >= 0.3 is 0 Å². The van der Waals surface area contributed by atoms with Gasteiger partial charge in [0.2, 0.25) is 0 Å². The van der Waals surface area contributed by atoms with Gasteiger partial charge < -0.3 is 14.2 Å². The van der Waals surface area contributed by atoms with Crippen molar-refractivity contribution in [1.82, 2.24) is 9.80 Å². The fourth-order valence-electron chi connectivity index (χ4n) is 3.44. The summed E-state index contributed by atoms with van der Waals surface area (Å²) in [5.74, 6) is 0.175. The summed E-state index contributed by atoms with van der Waals surface area (Å²) in [5.41, 5.74) is 2.52. The molecule has 29 heavy (non-hydrogen) atoms. The maximum Gasteiger partial charge on any atom is 0.289 e. The van der Waals surface area contributed by atoms with Crippen molar-refractivity contribution in [3.05, 3.63) is 95.9 Å². The topological polar surface area (TPSA) is 53.8 Å². The Kier molecular flexibility index (Phi) is 5.56. The van der Waals surface area contributed by atoms with E-state index in [2.05, 4.69) is 0 Å². The largest absolute Gasteiger partial charge is 0.459 e. The molecule has 0 unspecified atom stereocenters. The molecule has 0 atom stereocenters. The first-order chi connectivity index (χ1) is 14.2. The molecule has 146 valence electrons. The van der Waals surface area contributed by atoms with Crippen LogP contribution < -0.4 is 0 Å². The zero-order valence-corrected chi connectivity index (χ0v) is 16.0. The number of hydrogen-bond acceptors (Lipinski definition) is 3. The number of carbonyl (C=O) groups excluding carboxylic acids is 2. The number of piperazine rings is 1. The van der Waals surface area contributed by atoms with Crippen molar-refractivity contribution in [1.29, 1.82) is 0 Å². The van der Waals surface area contributed by atoms with Gasteiger partial charge in [-0.05, 0) is 29.3 Å². The van der Waals surface area contributed by atoms with Crippen molar-refractivity contribution >= 4 is 23.5 Å². The fraction of sp³-hybridized carbons (Fsp3) is 0.167. The van der Waals surface area contributed by atoms with Crippen LogP contribution in [0.5, 0.6) is 0 Å². The molecule has 2 heterocycles. The van der Waals surface area contributed by atoms with Gasteiger partial charge in [0.1, 0.15) is 0 Å². The van der Waals surface area contributed by atoms with Gasteiger partial charge in [0, 0.05) is 31.8 Å². The van der Waals surface area contributed by atoms with Crippen LogP contribution in [0.4, 0.5) is 0 Å². The number of carbonyl (C=O) groups is 2. The lowest BCUT2D eigenvalue weighted by molar-refractivity contribution is -0.126. The molecule has 0 N–H and O–H groups in total. The van der Waals surface area contributed by atoms with Gasteiger partial charge in [-0.2, -0.15) is 0 Å². The summed E-state index contributed by atoms with van der Waals surface area (Å²) in [5, 5.41) is 0. The lowest BCUT2D eigenvalue weighted by Crippen LogP contribution is -2.50. The molecule has 2 amide bonds. The van der Waals surface area contributed by atoms with Crippen molar-refractivity contribution in [3.63, 3.8) is 0 Å². The van der Waals surface area contributed by atoms with Crippen LogP contribution in [0.25, 0.3) is 11.6 Å². The second kappa shape index (κ2) is 8.61. The minimum atomic E-state index is -0.134. The third kappa shape index (κ3) is 4.29. The number of furan rings is 1. The normalized spacial score (nSPS) is 14.7. The first-order valence-electron chi connectivity index (χ1n) is 9.66. The maximum atomic E-state index is 13.3. The molecule has 5 nitrogen and oxygen atoms in total. The lowest BCUT2D eigenvalue weighted by Gasteiger charge is -2.34. The average Bonchev–Trinajstić information content (AvgIpc) is 3.33. The minimum Gasteiger partial charge on any atom is -0.459 e. The van der Waals surface area contributed by atoms with E-state index in [1.54, 1.807) is 17.0 Å². The van der Waals surface area contributed by atoms with E-state index in [0.717, 1.165) is 11.1 Å². The van der Waals surface area contributed by atoms with E-state index in [1.165, 1.54) is 6.26 Å². The molecule has 0 aliphatic carbocycles. The zero-order valence-electron chi connectivity index (χ0n) is 16.0. The lowest BCUT2D eigenvalue weighted by atomic mass is 10.0. The molecule has 0 spiro atoms. The van der Waals surface area contributed by atoms with Crippen LogP contribution in [0.15, 0.2) is 83.5 Å². The van der Waals surface area contributed by atoms with E-state index in [-0.39, 0.29) is 11.8 Å². The smallest absolute Gasteiger partial charge is 0.289 e. The molecule has 1 saturated heterocycles. The maximum absolute atomic E-state index is 13.3. The van der Waals surface area contributed by atoms with Crippen LogP contribution in [0.1, 0.15) is 21.7 Å². The Labute approximate surface area is 169 Å². The Balaban J connectivity index is 1.52. The Morgan fingerprint density at radius 1 is 0.759 bits per heavy atom. The Hall–Kier alpha value is -3.60. The number of hydrogen-bond donors (Lipinski definition) is 0. The third-order valence-corrected chi connectivity index (χ3v) is 5.01. The molecule has 3 aromatic rings. The van der Waals surface area contributed by atoms with Gasteiger partial charge in [-0.3, -0.25) is 9.59 Å². The SMILES string of the molecule is O=C(/C(=C\c1ccccc1)c1ccccc1)N1CCN(C(=O)c2ccco2)CC1. The summed E-state index contributed by atoms with van der Waals surface area (Å²) < 4.78 is 5.20. The van der Waals surface area contributed by atoms with Crippen molar-refractivity contribution < 1.29 is 14.0 Å². The molecule has 0 radical (unpaired) electrons. The van der Waals surface area contributed by atoms with Gasteiger partial charge in [-0.1, -0.05) is 60.7 Å². The van der Waals surface area contributed by atoms with E-state index < -0.39 is 0 Å². The number of nitrogens with zero attached hydrogens (tertiary/aromatic N) is 2. The van der Waals surface area contributed by atoms with Gasteiger partial charge in [0.15, 0.2) is 5.76 Å². The predicted octanol–water partition coefficient (Wildman–Crippen LogP) is 3.80. The quantitative estimate of drug-likeness (QED) is 0.506. The second-order valence-electron chi connectivity index (χ2n) is 6.90. The third-order valence-electron chi connectivity index (χ3n) is 5.01. The van der Waals surface area contributed by atoms with E-state index >= 15 is 0 Å². The molecule has 0 saturated carbocycles. The standard InChI is InChI=1S/C24H22N2O3/c27-23(25-13-15-26(16-14-25)24(28)22-12-7-17-29-22)21(20-10-5-2-6-11-20)18-19-8-3-1-4-9-19/h1-12,17-18H,13-16H2/b21-18-. The number of amides is 2. The highest BCUT2D eigenvalue weighted by atomic mass is 16.3. The Morgan fingerprint density at radius 2 is 1.38 bits per heavy atom. The van der Waals surface area contributed by atoms with Crippen LogP contribution in [-0.4, -0.2) is 47.8 Å². The minimum absolute atomic E-state index is 0.0230. The Morgan fingerprint density at radius 3 is 2.00 bits per heavy atom. The highest BCUT2D eigenvalue weighted by molar-refractivity contribution is 6.24. The zero-order chi connectivity index (χ0) is 20.1. The summed E-state index contributed by atoms with van der Waals surface area (Å²) in [4.78, 5) is 29.3. The van der Waals surface area contributed by atoms with Crippen LogP contribution in [0.3, 0.4) is 0 Å². The molecular weight excluding hydrogens is 364 g/mol. The predicted molar refractivity (Wildman–Crippen MR) is 112 cm³/mol. The van der Waals surface area contributed by atoms with E-state index in [9.17, 15) is 9.59 Å². The summed E-state index contributed by atoms with van der Waals surface area (Å²) in [6.45, 7) is 1.95. The van der Waals surface area contributed by atoms with Crippen LogP contribution in [0, 0.1) is 0 Å². The summed E-state index contributed by atoms with van der Waals surface area (Å²) in [6, 6.07) is 22.9. The summed E-state index contributed by atoms with van der Waals surface area (Å²) in [7, 11) is 0. The summed E-state index contributed by atoms with van der Waals surface area (Å²) in [6.07, 6.45) is 3.42. The first kappa shape index (κ1) is 18.7. The monoisotopic (exact) mass is 386 g/mol. The van der Waals surface area contributed by atoms with Crippen LogP contribution >= 0.6 is 0 Å². The molecular formula is C24H22N2O3. The highest BCUT2D eigenvalue weighted by Crippen LogP contribution is 2.22. The summed E-state index contributed by atoms with van der Waals surface area (Å²) >= 11 is 0. The average molecular weight is 386 g/mol. The van der Waals surface area contributed by atoms with Crippen molar-refractivity contribution in [2.45, 2.75) is 0 Å². The van der Waals surface area contributed by atoms with Crippen molar-refractivity contribution in [2.75, 3.05) is 26.2 Å². The highest BCUT2D eigenvalue weighted by Gasteiger charge is 2.27. The van der Waals surface area contributed by atoms with Crippen molar-refractivity contribution in [3.8, 4) is 0 Å². The van der Waals surface area contributed by atoms with E-state index in [1.807, 2.05) is 71.6 Å². The van der Waals surface area contributed by atoms with Crippen LogP contribution in [-0.2, 0) is 4.79 Å². The molecule has 1 aliphatic rings. The van der Waals surface area contributed by atoms with Crippen LogP contribution in [0.2, 0.25) is 0 Å². The second-order valence-corrected chi connectivity index (χ2v) is 6.90. The molecule has 1 aliphatic heterocycles. The first-order valence-corrected chi connectivity index (χ1v) is 9.66. The molecule has 4 rings (SSSR count). The van der Waals surface area contributed by atoms with E-state index in [0.29, 0.717) is 37.5 Å². The number of benzene rings is 2. The van der Waals surface area contributed by atoms with Gasteiger partial charge in [-0.15, -0.1) is 0 Å². The van der Waals surface area contributed by atoms with Gasteiger partial charge in [0.25, 0.3) is 11.8 Å². The molecule has 1 aromatic heterocycles. The molecule has 2 aromatic carbocycles. The van der Waals surface area contributed by atoms with E-state index in [4.69, 9.17) is 4.42 Å². The van der Waals surface area contributed by atoms with Crippen molar-refractivity contribution in [2.24, 2.45) is 0 Å². The molecule has 5 heteroatoms.